The lowest BCUT2D eigenvalue weighted by Crippen LogP contribution is -2.48. The van der Waals surface area contributed by atoms with Crippen LogP contribution in [0.2, 0.25) is 0 Å². The molecule has 2 N–H and O–H groups in total. The molecule has 1 fully saturated rings. The second-order valence-corrected chi connectivity index (χ2v) is 5.37. The lowest BCUT2D eigenvalue weighted by Gasteiger charge is -2.30. The first kappa shape index (κ1) is 16.0. The summed E-state index contributed by atoms with van der Waals surface area (Å²) < 4.78 is 0. The van der Waals surface area contributed by atoms with Gasteiger partial charge in [0, 0.05) is 11.6 Å². The topological polar surface area (TPSA) is 41.1 Å². The standard InChI is InChI=1S/C15H22N2O.ClH/c1-10-4-5-11(2)13(8-10)15(18)17-14-6-7-16-9-12(14)3;/h4-5,8,12,14,16H,6-7,9H2,1-3H3,(H,17,18);1H. The highest BCUT2D eigenvalue weighted by atomic mass is 35.5. The van der Waals surface area contributed by atoms with Crippen molar-refractivity contribution >= 4 is 18.3 Å². The molecular formula is C15H23ClN2O. The number of amides is 1. The molecular weight excluding hydrogens is 260 g/mol. The molecule has 3 nitrogen and oxygen atoms in total. The molecule has 0 saturated carbocycles. The van der Waals surface area contributed by atoms with E-state index in [1.54, 1.807) is 0 Å². The highest BCUT2D eigenvalue weighted by molar-refractivity contribution is 5.96. The number of halogens is 1. The average Bonchev–Trinajstić information content (AvgIpc) is 2.35. The van der Waals surface area contributed by atoms with Crippen molar-refractivity contribution in [2.45, 2.75) is 33.2 Å². The van der Waals surface area contributed by atoms with Crippen LogP contribution in [-0.2, 0) is 0 Å². The van der Waals surface area contributed by atoms with Crippen LogP contribution >= 0.6 is 12.4 Å². The zero-order valence-electron chi connectivity index (χ0n) is 11.8. The van der Waals surface area contributed by atoms with Crippen LogP contribution in [0.1, 0.15) is 34.8 Å². The van der Waals surface area contributed by atoms with Crippen molar-refractivity contribution in [1.29, 1.82) is 0 Å². The van der Waals surface area contributed by atoms with Crippen LogP contribution in [0.15, 0.2) is 18.2 Å². The zero-order chi connectivity index (χ0) is 13.1. The van der Waals surface area contributed by atoms with Gasteiger partial charge in [-0.1, -0.05) is 24.6 Å². The monoisotopic (exact) mass is 282 g/mol. The molecule has 1 aromatic carbocycles. The van der Waals surface area contributed by atoms with Crippen molar-refractivity contribution in [3.05, 3.63) is 34.9 Å². The second kappa shape index (κ2) is 6.92. The van der Waals surface area contributed by atoms with Gasteiger partial charge in [-0.25, -0.2) is 0 Å². The number of hydrogen-bond donors (Lipinski definition) is 2. The third-order valence-corrected chi connectivity index (χ3v) is 3.74. The number of nitrogens with one attached hydrogen (secondary N) is 2. The lowest BCUT2D eigenvalue weighted by atomic mass is 9.94. The summed E-state index contributed by atoms with van der Waals surface area (Å²) in [7, 11) is 0. The number of benzene rings is 1. The minimum absolute atomic E-state index is 0. The minimum Gasteiger partial charge on any atom is -0.349 e. The van der Waals surface area contributed by atoms with Gasteiger partial charge in [-0.3, -0.25) is 4.79 Å². The number of carbonyl (C=O) groups excluding carboxylic acids is 1. The van der Waals surface area contributed by atoms with E-state index < -0.39 is 0 Å². The second-order valence-electron chi connectivity index (χ2n) is 5.37. The van der Waals surface area contributed by atoms with E-state index in [1.165, 1.54) is 0 Å². The van der Waals surface area contributed by atoms with Crippen molar-refractivity contribution < 1.29 is 4.79 Å². The fourth-order valence-corrected chi connectivity index (χ4v) is 2.46. The summed E-state index contributed by atoms with van der Waals surface area (Å²) in [5.41, 5.74) is 2.98. The van der Waals surface area contributed by atoms with E-state index in [1.807, 2.05) is 32.0 Å². The summed E-state index contributed by atoms with van der Waals surface area (Å²) in [6, 6.07) is 6.31. The quantitative estimate of drug-likeness (QED) is 0.875. The number of hydrogen-bond acceptors (Lipinski definition) is 2. The van der Waals surface area contributed by atoms with Crippen molar-refractivity contribution in [2.24, 2.45) is 5.92 Å². The number of aryl methyl sites for hydroxylation is 2. The normalized spacial score (nSPS) is 22.5. The van der Waals surface area contributed by atoms with E-state index in [2.05, 4.69) is 17.6 Å². The van der Waals surface area contributed by atoms with Crippen LogP contribution in [0.25, 0.3) is 0 Å². The largest absolute Gasteiger partial charge is 0.349 e. The van der Waals surface area contributed by atoms with Crippen LogP contribution in [0.5, 0.6) is 0 Å². The smallest absolute Gasteiger partial charge is 0.251 e. The first-order valence-corrected chi connectivity index (χ1v) is 6.67. The van der Waals surface area contributed by atoms with Crippen LogP contribution in [0.3, 0.4) is 0 Å². The molecule has 0 aromatic heterocycles. The molecule has 1 heterocycles. The van der Waals surface area contributed by atoms with Gasteiger partial charge in [0.1, 0.15) is 0 Å². The molecule has 0 bridgehead atoms. The summed E-state index contributed by atoms with van der Waals surface area (Å²) >= 11 is 0. The van der Waals surface area contributed by atoms with E-state index in [-0.39, 0.29) is 18.3 Å². The van der Waals surface area contributed by atoms with Gasteiger partial charge in [-0.2, -0.15) is 0 Å². The predicted octanol–water partition coefficient (Wildman–Crippen LogP) is 2.45. The molecule has 2 atom stereocenters. The first-order valence-electron chi connectivity index (χ1n) is 6.67. The molecule has 0 spiro atoms. The van der Waals surface area contributed by atoms with Gasteiger partial charge >= 0.3 is 0 Å². The molecule has 1 aliphatic rings. The molecule has 2 unspecified atom stereocenters. The van der Waals surface area contributed by atoms with Gasteiger partial charge in [-0.05, 0) is 50.9 Å². The molecule has 4 heteroatoms. The number of rotatable bonds is 2. The van der Waals surface area contributed by atoms with E-state index in [9.17, 15) is 4.79 Å². The first-order chi connectivity index (χ1) is 8.58. The Labute approximate surface area is 121 Å². The Balaban J connectivity index is 0.00000180. The van der Waals surface area contributed by atoms with E-state index in [0.29, 0.717) is 12.0 Å². The molecule has 1 aromatic rings. The van der Waals surface area contributed by atoms with Crippen LogP contribution in [0, 0.1) is 19.8 Å². The van der Waals surface area contributed by atoms with Crippen molar-refractivity contribution in [2.75, 3.05) is 13.1 Å². The van der Waals surface area contributed by atoms with Gasteiger partial charge in [-0.15, -0.1) is 12.4 Å². The maximum Gasteiger partial charge on any atom is 0.251 e. The van der Waals surface area contributed by atoms with Gasteiger partial charge in [0.2, 0.25) is 0 Å². The molecule has 106 valence electrons. The Morgan fingerprint density at radius 2 is 2.11 bits per heavy atom. The van der Waals surface area contributed by atoms with Gasteiger partial charge in [0.05, 0.1) is 0 Å². The Morgan fingerprint density at radius 1 is 1.37 bits per heavy atom. The van der Waals surface area contributed by atoms with Gasteiger partial charge in [0.15, 0.2) is 0 Å². The maximum atomic E-state index is 12.3. The minimum atomic E-state index is 0. The van der Waals surface area contributed by atoms with E-state index >= 15 is 0 Å². The van der Waals surface area contributed by atoms with Crippen LogP contribution in [-0.4, -0.2) is 25.0 Å². The van der Waals surface area contributed by atoms with Crippen molar-refractivity contribution in [3.63, 3.8) is 0 Å². The third-order valence-electron chi connectivity index (χ3n) is 3.74. The summed E-state index contributed by atoms with van der Waals surface area (Å²) in [5, 5.41) is 6.52. The van der Waals surface area contributed by atoms with Crippen LogP contribution in [0.4, 0.5) is 0 Å². The molecule has 19 heavy (non-hydrogen) atoms. The Bertz CT molecular complexity index is 448. The molecule has 1 saturated heterocycles. The fourth-order valence-electron chi connectivity index (χ4n) is 2.46. The predicted molar refractivity (Wildman–Crippen MR) is 81.1 cm³/mol. The number of piperidine rings is 1. The molecule has 1 aliphatic heterocycles. The summed E-state index contributed by atoms with van der Waals surface area (Å²) in [6.07, 6.45) is 1.01. The Kier molecular flexibility index (Phi) is 5.83. The van der Waals surface area contributed by atoms with Crippen molar-refractivity contribution in [3.8, 4) is 0 Å². The summed E-state index contributed by atoms with van der Waals surface area (Å²) in [6.45, 7) is 8.16. The average molecular weight is 283 g/mol. The van der Waals surface area contributed by atoms with E-state index in [4.69, 9.17) is 0 Å². The summed E-state index contributed by atoms with van der Waals surface area (Å²) in [4.78, 5) is 12.3. The molecule has 0 radical (unpaired) electrons. The fraction of sp³-hybridized carbons (Fsp3) is 0.533. The van der Waals surface area contributed by atoms with Crippen molar-refractivity contribution in [1.82, 2.24) is 10.6 Å². The lowest BCUT2D eigenvalue weighted by molar-refractivity contribution is 0.0913. The molecule has 0 aliphatic carbocycles. The summed E-state index contributed by atoms with van der Waals surface area (Å²) in [5.74, 6) is 0.558. The Morgan fingerprint density at radius 3 is 2.79 bits per heavy atom. The molecule has 2 rings (SSSR count). The van der Waals surface area contributed by atoms with E-state index in [0.717, 1.165) is 36.2 Å². The SMILES string of the molecule is Cc1ccc(C)c(C(=O)NC2CCNCC2C)c1.Cl. The highest BCUT2D eigenvalue weighted by Gasteiger charge is 2.23. The van der Waals surface area contributed by atoms with Gasteiger partial charge < -0.3 is 10.6 Å². The van der Waals surface area contributed by atoms with Gasteiger partial charge in [0.25, 0.3) is 5.91 Å². The molecule has 1 amide bonds. The van der Waals surface area contributed by atoms with Crippen LogP contribution < -0.4 is 10.6 Å². The zero-order valence-corrected chi connectivity index (χ0v) is 12.6. The third kappa shape index (κ3) is 3.95. The maximum absolute atomic E-state index is 12.3. The Hall–Kier alpha value is -1.06. The highest BCUT2D eigenvalue weighted by Crippen LogP contribution is 2.14. The number of carbonyl (C=O) groups is 1.